The van der Waals surface area contributed by atoms with Gasteiger partial charge in [0.2, 0.25) is 0 Å². The van der Waals surface area contributed by atoms with Crippen LogP contribution in [0.15, 0.2) is 54.7 Å². The minimum Gasteiger partial charge on any atom is -0.377 e. The van der Waals surface area contributed by atoms with E-state index in [2.05, 4.69) is 39.9 Å². The van der Waals surface area contributed by atoms with E-state index in [1.165, 1.54) is 5.56 Å². The second kappa shape index (κ2) is 9.34. The summed E-state index contributed by atoms with van der Waals surface area (Å²) in [4.78, 5) is 38.6. The molecule has 180 valence electrons. The van der Waals surface area contributed by atoms with Crippen molar-refractivity contribution in [3.05, 3.63) is 65.9 Å². The van der Waals surface area contributed by atoms with E-state index in [-0.39, 0.29) is 18.0 Å². The van der Waals surface area contributed by atoms with Gasteiger partial charge in [-0.15, -0.1) is 0 Å². The fraction of sp³-hybridized carbons (Fsp3) is 0.308. The Labute approximate surface area is 204 Å². The third-order valence-corrected chi connectivity index (χ3v) is 6.51. The van der Waals surface area contributed by atoms with E-state index >= 15 is 0 Å². The van der Waals surface area contributed by atoms with Crippen molar-refractivity contribution in [2.45, 2.75) is 25.9 Å². The van der Waals surface area contributed by atoms with Crippen LogP contribution in [0.4, 0.5) is 22.0 Å². The van der Waals surface area contributed by atoms with Gasteiger partial charge in [0.15, 0.2) is 11.6 Å². The molecule has 2 N–H and O–H groups in total. The molecule has 2 aromatic carbocycles. The molecular weight excluding hydrogens is 444 g/mol. The Hall–Kier alpha value is -3.98. The molecule has 2 aliphatic rings. The fourth-order valence-corrected chi connectivity index (χ4v) is 4.52. The molecule has 2 aliphatic heterocycles. The summed E-state index contributed by atoms with van der Waals surface area (Å²) in [6.45, 7) is 5.52. The highest BCUT2D eigenvalue weighted by molar-refractivity contribution is 6.05. The predicted molar refractivity (Wildman–Crippen MR) is 135 cm³/mol. The topological polar surface area (TPSA) is 99.7 Å². The van der Waals surface area contributed by atoms with Crippen molar-refractivity contribution >= 4 is 29.1 Å². The number of nitrogens with one attached hydrogen (secondary N) is 2. The first-order valence-corrected chi connectivity index (χ1v) is 11.7. The maximum atomic E-state index is 13.6. The zero-order valence-electron chi connectivity index (χ0n) is 20.0. The van der Waals surface area contributed by atoms with E-state index in [0.717, 1.165) is 16.9 Å². The van der Waals surface area contributed by atoms with Gasteiger partial charge in [0.25, 0.3) is 5.91 Å². The molecule has 1 fully saturated rings. The summed E-state index contributed by atoms with van der Waals surface area (Å²) in [5.74, 6) is 1.28. The van der Waals surface area contributed by atoms with Crippen molar-refractivity contribution in [3.8, 4) is 11.4 Å². The lowest BCUT2D eigenvalue weighted by Crippen LogP contribution is -2.59. The minimum atomic E-state index is -0.425. The lowest BCUT2D eigenvalue weighted by atomic mass is 10.0. The number of ether oxygens (including phenoxy) is 1. The quantitative estimate of drug-likeness (QED) is 0.603. The van der Waals surface area contributed by atoms with Crippen LogP contribution in [0.3, 0.4) is 0 Å². The summed E-state index contributed by atoms with van der Waals surface area (Å²) in [7, 11) is 1.57. The molecule has 1 saturated heterocycles. The molecule has 0 radical (unpaired) electrons. The van der Waals surface area contributed by atoms with E-state index in [1.807, 2.05) is 30.9 Å². The maximum Gasteiger partial charge on any atom is 0.318 e. The van der Waals surface area contributed by atoms with Gasteiger partial charge in [-0.3, -0.25) is 9.69 Å². The SMILES string of the molecule is CNC(=O)Nc1ccc(-c2ncc3c(n2)N2CCOCC2C(=O)N3[C@@H](C)c2ccc(C)cc2)cc1. The second-order valence-electron chi connectivity index (χ2n) is 8.76. The number of hydrogen-bond acceptors (Lipinski definition) is 6. The molecule has 0 aliphatic carbocycles. The van der Waals surface area contributed by atoms with Crippen molar-refractivity contribution in [1.82, 2.24) is 15.3 Å². The Balaban J connectivity index is 1.53. The van der Waals surface area contributed by atoms with Crippen molar-refractivity contribution in [3.63, 3.8) is 0 Å². The highest BCUT2D eigenvalue weighted by Crippen LogP contribution is 2.40. The first-order chi connectivity index (χ1) is 17.0. The maximum absolute atomic E-state index is 13.6. The van der Waals surface area contributed by atoms with Crippen molar-refractivity contribution in [1.29, 1.82) is 0 Å². The number of carbonyl (C=O) groups is 2. The molecule has 2 atom stereocenters. The number of rotatable bonds is 4. The normalized spacial score (nSPS) is 17.9. The summed E-state index contributed by atoms with van der Waals surface area (Å²) >= 11 is 0. The van der Waals surface area contributed by atoms with Gasteiger partial charge in [-0.05, 0) is 43.7 Å². The Morgan fingerprint density at radius 3 is 2.60 bits per heavy atom. The monoisotopic (exact) mass is 472 g/mol. The highest BCUT2D eigenvalue weighted by atomic mass is 16.5. The number of amides is 3. The second-order valence-corrected chi connectivity index (χ2v) is 8.76. The summed E-state index contributed by atoms with van der Waals surface area (Å²) in [6.07, 6.45) is 1.74. The Bertz CT molecular complexity index is 1240. The van der Waals surface area contributed by atoms with Crippen molar-refractivity contribution < 1.29 is 14.3 Å². The third kappa shape index (κ3) is 4.30. The lowest BCUT2D eigenvalue weighted by Gasteiger charge is -2.45. The fourth-order valence-electron chi connectivity index (χ4n) is 4.52. The van der Waals surface area contributed by atoms with E-state index in [0.29, 0.717) is 37.0 Å². The van der Waals surface area contributed by atoms with Crippen LogP contribution in [0.1, 0.15) is 24.1 Å². The van der Waals surface area contributed by atoms with Gasteiger partial charge < -0.3 is 20.3 Å². The molecular formula is C26H28N6O3. The lowest BCUT2D eigenvalue weighted by molar-refractivity contribution is -0.123. The standard InChI is InChI=1S/C26H28N6O3/c1-16-4-6-18(7-5-16)17(2)32-21-14-28-23(19-8-10-20(11-9-19)29-26(34)27-3)30-24(21)31-12-13-35-15-22(31)25(32)33/h4-11,14,17,22H,12-13,15H2,1-3H3,(H2,27,29,34)/t17-,22?/m0/s1. The number of nitrogens with zero attached hydrogens (tertiary/aromatic N) is 4. The molecule has 0 spiro atoms. The first-order valence-electron chi connectivity index (χ1n) is 11.7. The Morgan fingerprint density at radius 1 is 1.14 bits per heavy atom. The van der Waals surface area contributed by atoms with Crippen LogP contribution in [-0.4, -0.2) is 54.8 Å². The minimum absolute atomic E-state index is 0.00810. The smallest absolute Gasteiger partial charge is 0.318 e. The average molecular weight is 473 g/mol. The number of hydrogen-bond donors (Lipinski definition) is 2. The van der Waals surface area contributed by atoms with Gasteiger partial charge in [-0.1, -0.05) is 29.8 Å². The van der Waals surface area contributed by atoms with Crippen LogP contribution < -0.4 is 20.4 Å². The first kappa shape index (κ1) is 22.8. The van der Waals surface area contributed by atoms with Crippen molar-refractivity contribution in [2.24, 2.45) is 0 Å². The van der Waals surface area contributed by atoms with Crippen LogP contribution >= 0.6 is 0 Å². The van der Waals surface area contributed by atoms with Crippen LogP contribution in [0.2, 0.25) is 0 Å². The van der Waals surface area contributed by atoms with E-state index in [4.69, 9.17) is 9.72 Å². The number of aromatic nitrogens is 2. The van der Waals surface area contributed by atoms with Gasteiger partial charge >= 0.3 is 6.03 Å². The van der Waals surface area contributed by atoms with Gasteiger partial charge in [0, 0.05) is 24.8 Å². The van der Waals surface area contributed by atoms with E-state index < -0.39 is 6.04 Å². The Morgan fingerprint density at radius 2 is 1.89 bits per heavy atom. The summed E-state index contributed by atoms with van der Waals surface area (Å²) in [5, 5.41) is 5.27. The molecule has 5 rings (SSSR count). The van der Waals surface area contributed by atoms with Gasteiger partial charge in [0.05, 0.1) is 25.5 Å². The van der Waals surface area contributed by atoms with Gasteiger partial charge in [-0.2, -0.15) is 0 Å². The molecule has 9 nitrogen and oxygen atoms in total. The molecule has 3 aromatic rings. The number of benzene rings is 2. The molecule has 1 unspecified atom stereocenters. The third-order valence-electron chi connectivity index (χ3n) is 6.51. The van der Waals surface area contributed by atoms with E-state index in [9.17, 15) is 9.59 Å². The predicted octanol–water partition coefficient (Wildman–Crippen LogP) is 3.52. The molecule has 3 amide bonds. The number of morpholine rings is 1. The molecule has 35 heavy (non-hydrogen) atoms. The summed E-state index contributed by atoms with van der Waals surface area (Å²) < 4.78 is 5.67. The molecule has 9 heteroatoms. The number of aryl methyl sites for hydroxylation is 1. The molecule has 1 aromatic heterocycles. The van der Waals surface area contributed by atoms with Crippen LogP contribution in [0.5, 0.6) is 0 Å². The molecule has 0 bridgehead atoms. The highest BCUT2D eigenvalue weighted by Gasteiger charge is 2.43. The van der Waals surface area contributed by atoms with Crippen LogP contribution in [0, 0.1) is 6.92 Å². The van der Waals surface area contributed by atoms with E-state index in [1.54, 1.807) is 30.3 Å². The summed E-state index contributed by atoms with van der Waals surface area (Å²) in [5.41, 5.74) is 4.40. The van der Waals surface area contributed by atoms with Crippen molar-refractivity contribution in [2.75, 3.05) is 41.9 Å². The summed E-state index contributed by atoms with van der Waals surface area (Å²) in [6, 6.07) is 14.7. The zero-order valence-corrected chi connectivity index (χ0v) is 20.0. The van der Waals surface area contributed by atoms with Crippen LogP contribution in [0.25, 0.3) is 11.4 Å². The number of anilines is 3. The number of carbonyl (C=O) groups excluding carboxylic acids is 2. The van der Waals surface area contributed by atoms with Gasteiger partial charge in [0.1, 0.15) is 11.7 Å². The van der Waals surface area contributed by atoms with Gasteiger partial charge in [-0.25, -0.2) is 14.8 Å². The molecule has 0 saturated carbocycles. The average Bonchev–Trinajstić information content (AvgIpc) is 2.89. The number of fused-ring (bicyclic) bond motifs is 3. The number of urea groups is 1. The molecule has 3 heterocycles. The largest absolute Gasteiger partial charge is 0.377 e. The zero-order chi connectivity index (χ0) is 24.5. The van der Waals surface area contributed by atoms with Crippen LogP contribution in [-0.2, 0) is 9.53 Å². The Kier molecular flexibility index (Phi) is 6.08.